The zero-order valence-electron chi connectivity index (χ0n) is 15.3. The summed E-state index contributed by atoms with van der Waals surface area (Å²) in [5.74, 6) is -1.76. The van der Waals surface area contributed by atoms with Gasteiger partial charge in [0.2, 0.25) is 5.91 Å². The number of hydrogen-bond donors (Lipinski definition) is 2. The van der Waals surface area contributed by atoms with Gasteiger partial charge in [-0.2, -0.15) is 0 Å². The van der Waals surface area contributed by atoms with Gasteiger partial charge in [-0.25, -0.2) is 0 Å². The molecule has 1 amide bonds. The van der Waals surface area contributed by atoms with E-state index in [0.717, 1.165) is 16.5 Å². The topological polar surface area (TPSA) is 91.6 Å². The minimum Gasteiger partial charge on any atom is -0.481 e. The predicted molar refractivity (Wildman–Crippen MR) is 100 cm³/mol. The molecule has 1 spiro atoms. The van der Waals surface area contributed by atoms with Gasteiger partial charge in [0.25, 0.3) is 5.56 Å². The highest BCUT2D eigenvalue weighted by Crippen LogP contribution is 2.37. The molecule has 142 valence electrons. The Morgan fingerprint density at radius 3 is 2.67 bits per heavy atom. The molecule has 7 heteroatoms. The van der Waals surface area contributed by atoms with E-state index in [4.69, 9.17) is 0 Å². The van der Waals surface area contributed by atoms with Crippen molar-refractivity contribution in [1.29, 1.82) is 0 Å². The molecule has 2 fully saturated rings. The van der Waals surface area contributed by atoms with E-state index in [9.17, 15) is 19.5 Å². The van der Waals surface area contributed by atoms with Crippen LogP contribution in [0.1, 0.15) is 24.8 Å². The van der Waals surface area contributed by atoms with Crippen molar-refractivity contribution in [2.75, 3.05) is 13.1 Å². The molecule has 2 aliphatic rings. The van der Waals surface area contributed by atoms with E-state index in [2.05, 4.69) is 10.2 Å². The molecule has 1 aromatic heterocycles. The Morgan fingerprint density at radius 1 is 1.26 bits per heavy atom. The highest BCUT2D eigenvalue weighted by atomic mass is 16.4. The Labute approximate surface area is 156 Å². The number of hydrogen-bond acceptors (Lipinski definition) is 4. The molecule has 4 rings (SSSR count). The van der Waals surface area contributed by atoms with Crippen LogP contribution in [-0.2, 0) is 23.2 Å². The summed E-state index contributed by atoms with van der Waals surface area (Å²) < 4.78 is 1.67. The number of aromatic nitrogens is 1. The molecule has 2 aromatic rings. The molecule has 27 heavy (non-hydrogen) atoms. The van der Waals surface area contributed by atoms with Crippen LogP contribution in [0.4, 0.5) is 0 Å². The number of amides is 1. The van der Waals surface area contributed by atoms with Crippen molar-refractivity contribution in [3.05, 3.63) is 46.2 Å². The monoisotopic (exact) mass is 369 g/mol. The maximum atomic E-state index is 12.7. The van der Waals surface area contributed by atoms with Crippen molar-refractivity contribution < 1.29 is 14.7 Å². The van der Waals surface area contributed by atoms with Crippen molar-refractivity contribution >= 4 is 22.8 Å². The second-order valence-electron chi connectivity index (χ2n) is 7.67. The van der Waals surface area contributed by atoms with Crippen molar-refractivity contribution in [2.24, 2.45) is 13.0 Å². The number of aryl methyl sites for hydroxylation is 1. The van der Waals surface area contributed by atoms with Gasteiger partial charge in [-0.15, -0.1) is 0 Å². The fourth-order valence-corrected chi connectivity index (χ4v) is 4.55. The molecule has 1 aromatic carbocycles. The molecule has 2 N–H and O–H groups in total. The van der Waals surface area contributed by atoms with E-state index < -0.39 is 17.4 Å². The third-order valence-electron chi connectivity index (χ3n) is 6.09. The number of carboxylic acid groups (broad SMARTS) is 1. The summed E-state index contributed by atoms with van der Waals surface area (Å²) in [5, 5.41) is 13.4. The first-order valence-electron chi connectivity index (χ1n) is 9.23. The number of carbonyl (C=O) groups is 2. The van der Waals surface area contributed by atoms with Gasteiger partial charge in [0, 0.05) is 38.7 Å². The molecule has 7 nitrogen and oxygen atoms in total. The highest BCUT2D eigenvalue weighted by Gasteiger charge is 2.51. The van der Waals surface area contributed by atoms with E-state index in [1.165, 1.54) is 0 Å². The number of fused-ring (bicyclic) bond motifs is 1. The number of benzene rings is 1. The highest BCUT2D eigenvalue weighted by molar-refractivity contribution is 5.88. The molecule has 3 heterocycles. The molecule has 0 unspecified atom stereocenters. The second kappa shape index (κ2) is 6.49. The summed E-state index contributed by atoms with van der Waals surface area (Å²) in [6.45, 7) is 1.83. The van der Waals surface area contributed by atoms with E-state index in [0.29, 0.717) is 32.5 Å². The first kappa shape index (κ1) is 17.7. The summed E-state index contributed by atoms with van der Waals surface area (Å²) in [5.41, 5.74) is 0.985. The average Bonchev–Trinajstić information content (AvgIpc) is 2.98. The lowest BCUT2D eigenvalue weighted by Crippen LogP contribution is -2.55. The van der Waals surface area contributed by atoms with Gasteiger partial charge in [-0.05, 0) is 30.4 Å². The van der Waals surface area contributed by atoms with Crippen LogP contribution < -0.4 is 10.9 Å². The quantitative estimate of drug-likeness (QED) is 0.845. The first-order chi connectivity index (χ1) is 12.9. The van der Waals surface area contributed by atoms with Gasteiger partial charge in [0.15, 0.2) is 0 Å². The van der Waals surface area contributed by atoms with Crippen LogP contribution in [0.2, 0.25) is 0 Å². The van der Waals surface area contributed by atoms with E-state index in [1.54, 1.807) is 11.6 Å². The lowest BCUT2D eigenvalue weighted by Gasteiger charge is -2.41. The Bertz CT molecular complexity index is 973. The number of nitrogens with one attached hydrogen (secondary N) is 1. The van der Waals surface area contributed by atoms with Crippen LogP contribution in [0, 0.1) is 5.92 Å². The molecule has 2 aliphatic heterocycles. The summed E-state index contributed by atoms with van der Waals surface area (Å²) in [6, 6.07) is 9.74. The fourth-order valence-electron chi connectivity index (χ4n) is 4.55. The zero-order chi connectivity index (χ0) is 19.2. The van der Waals surface area contributed by atoms with E-state index in [1.807, 2.05) is 30.3 Å². The normalized spacial score (nSPS) is 22.3. The molecular formula is C20H23N3O4. The number of nitrogens with zero attached hydrogens (tertiary/aromatic N) is 2. The lowest BCUT2D eigenvalue weighted by atomic mass is 9.77. The molecule has 0 aliphatic carbocycles. The van der Waals surface area contributed by atoms with Gasteiger partial charge < -0.3 is 15.0 Å². The van der Waals surface area contributed by atoms with Gasteiger partial charge in [-0.3, -0.25) is 19.3 Å². The molecule has 0 radical (unpaired) electrons. The third-order valence-corrected chi connectivity index (χ3v) is 6.09. The first-order valence-corrected chi connectivity index (χ1v) is 9.23. The van der Waals surface area contributed by atoms with Crippen molar-refractivity contribution in [1.82, 2.24) is 14.8 Å². The predicted octanol–water partition coefficient (Wildman–Crippen LogP) is 1.09. The number of pyridine rings is 1. The Kier molecular flexibility index (Phi) is 4.26. The number of carboxylic acids is 1. The third kappa shape index (κ3) is 3.02. The number of para-hydroxylation sites is 1. The van der Waals surface area contributed by atoms with Crippen molar-refractivity contribution in [2.45, 2.75) is 31.3 Å². The second-order valence-corrected chi connectivity index (χ2v) is 7.67. The van der Waals surface area contributed by atoms with Crippen LogP contribution in [-0.4, -0.2) is 45.1 Å². The summed E-state index contributed by atoms with van der Waals surface area (Å²) in [6.07, 6.45) is 1.23. The zero-order valence-corrected chi connectivity index (χ0v) is 15.3. The molecule has 0 bridgehead atoms. The number of piperidine rings is 1. The van der Waals surface area contributed by atoms with Crippen LogP contribution >= 0.6 is 0 Å². The van der Waals surface area contributed by atoms with Gasteiger partial charge in [-0.1, -0.05) is 18.2 Å². The largest absolute Gasteiger partial charge is 0.481 e. The smallest absolute Gasteiger partial charge is 0.309 e. The maximum absolute atomic E-state index is 12.7. The van der Waals surface area contributed by atoms with Crippen LogP contribution in [0.25, 0.3) is 10.9 Å². The summed E-state index contributed by atoms with van der Waals surface area (Å²) in [4.78, 5) is 38.2. The Morgan fingerprint density at radius 2 is 1.96 bits per heavy atom. The maximum Gasteiger partial charge on any atom is 0.309 e. The number of carbonyl (C=O) groups excluding carboxylic acids is 1. The summed E-state index contributed by atoms with van der Waals surface area (Å²) in [7, 11) is 1.78. The standard InChI is InChI=1S/C20H23N3O4/c1-22-16-5-3-2-4-13(16)10-14(18(22)25)12-23-8-6-20(7-9-23)15(19(26)27)11-17(24)21-20/h2-5,10,15H,6-9,11-12H2,1H3,(H,21,24)(H,26,27)/t15-/m0/s1. The van der Waals surface area contributed by atoms with Gasteiger partial charge >= 0.3 is 5.97 Å². The molecule has 0 saturated carbocycles. The minimum atomic E-state index is -0.912. The SMILES string of the molecule is Cn1c(=O)c(CN2CCC3(CC2)NC(=O)C[C@H]3C(=O)O)cc2ccccc21. The van der Waals surface area contributed by atoms with Crippen molar-refractivity contribution in [3.8, 4) is 0 Å². The van der Waals surface area contributed by atoms with Gasteiger partial charge in [0.1, 0.15) is 0 Å². The Balaban J connectivity index is 1.53. The fraction of sp³-hybridized carbons (Fsp3) is 0.450. The Hall–Kier alpha value is -2.67. The number of likely N-dealkylation sites (tertiary alicyclic amines) is 1. The molecular weight excluding hydrogens is 346 g/mol. The van der Waals surface area contributed by atoms with Crippen LogP contribution in [0.3, 0.4) is 0 Å². The van der Waals surface area contributed by atoms with E-state index in [-0.39, 0.29) is 17.9 Å². The average molecular weight is 369 g/mol. The van der Waals surface area contributed by atoms with E-state index >= 15 is 0 Å². The van der Waals surface area contributed by atoms with Crippen LogP contribution in [0.15, 0.2) is 35.1 Å². The van der Waals surface area contributed by atoms with Crippen LogP contribution in [0.5, 0.6) is 0 Å². The summed E-state index contributed by atoms with van der Waals surface area (Å²) >= 11 is 0. The molecule has 2 saturated heterocycles. The number of aliphatic carboxylic acids is 1. The molecule has 1 atom stereocenters. The van der Waals surface area contributed by atoms with Crippen molar-refractivity contribution in [3.63, 3.8) is 0 Å². The van der Waals surface area contributed by atoms with Gasteiger partial charge in [0.05, 0.1) is 17.0 Å². The minimum absolute atomic E-state index is 0.00781. The number of rotatable bonds is 3. The lowest BCUT2D eigenvalue weighted by molar-refractivity contribution is -0.144.